The van der Waals surface area contributed by atoms with Gasteiger partial charge in [0.25, 0.3) is 0 Å². The van der Waals surface area contributed by atoms with E-state index < -0.39 is 5.97 Å². The van der Waals surface area contributed by atoms with E-state index in [-0.39, 0.29) is 5.69 Å². The maximum absolute atomic E-state index is 12.3. The van der Waals surface area contributed by atoms with Crippen LogP contribution in [0.2, 0.25) is 5.02 Å². The van der Waals surface area contributed by atoms with Crippen LogP contribution in [0.15, 0.2) is 60.8 Å². The Morgan fingerprint density at radius 3 is 2.75 bits per heavy atom. The molecule has 0 aliphatic heterocycles. The molecule has 0 fully saturated rings. The fourth-order valence-electron chi connectivity index (χ4n) is 3.28. The predicted molar refractivity (Wildman–Crippen MR) is 111 cm³/mol. The summed E-state index contributed by atoms with van der Waals surface area (Å²) >= 11 is 6.34. The molecular formula is C22H20ClN3O2. The first kappa shape index (κ1) is 18.3. The Balaban J connectivity index is 1.82. The van der Waals surface area contributed by atoms with Gasteiger partial charge in [-0.1, -0.05) is 41.9 Å². The molecule has 0 saturated heterocycles. The number of hydrogen-bond donors (Lipinski definition) is 0. The monoisotopic (exact) mass is 393 g/mol. The van der Waals surface area contributed by atoms with E-state index in [0.29, 0.717) is 18.2 Å². The minimum Gasteiger partial charge on any atom is -0.461 e. The van der Waals surface area contributed by atoms with Gasteiger partial charge in [0.1, 0.15) is 0 Å². The summed E-state index contributed by atoms with van der Waals surface area (Å²) in [5.41, 5.74) is 4.15. The van der Waals surface area contributed by atoms with E-state index in [4.69, 9.17) is 16.3 Å². The molecule has 0 aliphatic carbocycles. The highest BCUT2D eigenvalue weighted by Crippen LogP contribution is 2.27. The lowest BCUT2D eigenvalue weighted by Crippen LogP contribution is -2.08. The van der Waals surface area contributed by atoms with E-state index in [2.05, 4.69) is 27.9 Å². The van der Waals surface area contributed by atoms with Crippen LogP contribution in [0.25, 0.3) is 22.2 Å². The van der Waals surface area contributed by atoms with Crippen molar-refractivity contribution in [2.75, 3.05) is 6.61 Å². The van der Waals surface area contributed by atoms with Crippen molar-refractivity contribution in [2.24, 2.45) is 7.05 Å². The number of benzene rings is 2. The molecule has 0 aliphatic rings. The van der Waals surface area contributed by atoms with Gasteiger partial charge in [-0.3, -0.25) is 4.68 Å². The molecule has 5 nitrogen and oxygen atoms in total. The molecule has 28 heavy (non-hydrogen) atoms. The number of rotatable bonds is 5. The zero-order chi connectivity index (χ0) is 19.7. The average molecular weight is 394 g/mol. The zero-order valence-electron chi connectivity index (χ0n) is 15.7. The molecule has 4 aromatic rings. The van der Waals surface area contributed by atoms with E-state index in [1.54, 1.807) is 17.7 Å². The van der Waals surface area contributed by atoms with Gasteiger partial charge in [-0.15, -0.1) is 0 Å². The second-order valence-electron chi connectivity index (χ2n) is 6.58. The van der Waals surface area contributed by atoms with Gasteiger partial charge in [0, 0.05) is 29.3 Å². The molecular weight excluding hydrogens is 374 g/mol. The third-order valence-corrected chi connectivity index (χ3v) is 5.10. The van der Waals surface area contributed by atoms with E-state index in [1.807, 2.05) is 43.6 Å². The number of ether oxygens (including phenoxy) is 1. The number of carbonyl (C=O) groups excluding carboxylic acids is 1. The van der Waals surface area contributed by atoms with Crippen LogP contribution in [0.1, 0.15) is 23.0 Å². The summed E-state index contributed by atoms with van der Waals surface area (Å²) in [4.78, 5) is 12.3. The zero-order valence-corrected chi connectivity index (χ0v) is 16.5. The molecule has 142 valence electrons. The fraction of sp³-hybridized carbons (Fsp3) is 0.182. The third-order valence-electron chi connectivity index (χ3n) is 4.73. The van der Waals surface area contributed by atoms with Gasteiger partial charge >= 0.3 is 5.97 Å². The number of nitrogens with zero attached hydrogens (tertiary/aromatic N) is 3. The average Bonchev–Trinajstić information content (AvgIpc) is 3.28. The van der Waals surface area contributed by atoms with Gasteiger partial charge in [0.2, 0.25) is 0 Å². The van der Waals surface area contributed by atoms with Crippen molar-refractivity contribution in [3.63, 3.8) is 0 Å². The molecule has 0 atom stereocenters. The molecule has 2 aromatic heterocycles. The highest BCUT2D eigenvalue weighted by atomic mass is 35.5. The van der Waals surface area contributed by atoms with E-state index in [9.17, 15) is 4.79 Å². The van der Waals surface area contributed by atoms with Gasteiger partial charge in [-0.2, -0.15) is 5.10 Å². The minimum absolute atomic E-state index is 0.288. The molecule has 0 spiro atoms. The van der Waals surface area contributed by atoms with Crippen molar-refractivity contribution < 1.29 is 9.53 Å². The number of carbonyl (C=O) groups is 1. The van der Waals surface area contributed by atoms with Crippen LogP contribution in [0, 0.1) is 0 Å². The lowest BCUT2D eigenvalue weighted by molar-refractivity contribution is 0.0518. The Bertz CT molecular complexity index is 1160. The van der Waals surface area contributed by atoms with Gasteiger partial charge in [-0.05, 0) is 42.1 Å². The summed E-state index contributed by atoms with van der Waals surface area (Å²) in [6, 6.07) is 17.7. The van der Waals surface area contributed by atoms with Crippen LogP contribution in [0.5, 0.6) is 0 Å². The maximum atomic E-state index is 12.3. The van der Waals surface area contributed by atoms with Crippen molar-refractivity contribution in [1.82, 2.24) is 14.3 Å². The fourth-order valence-corrected chi connectivity index (χ4v) is 3.48. The van der Waals surface area contributed by atoms with E-state index >= 15 is 0 Å². The van der Waals surface area contributed by atoms with Crippen LogP contribution < -0.4 is 0 Å². The summed E-state index contributed by atoms with van der Waals surface area (Å²) in [6.07, 6.45) is 2.03. The molecule has 0 saturated carbocycles. The molecule has 6 heteroatoms. The van der Waals surface area contributed by atoms with Crippen molar-refractivity contribution in [1.29, 1.82) is 0 Å². The number of fused-ring (bicyclic) bond motifs is 1. The molecule has 0 radical (unpaired) electrons. The molecule has 0 unspecified atom stereocenters. The minimum atomic E-state index is -0.429. The number of aryl methyl sites for hydroxylation is 1. The Kier molecular flexibility index (Phi) is 4.92. The number of aromatic nitrogens is 3. The van der Waals surface area contributed by atoms with Gasteiger partial charge in [-0.25, -0.2) is 4.79 Å². The predicted octanol–water partition coefficient (Wildman–Crippen LogP) is 4.92. The van der Waals surface area contributed by atoms with Crippen molar-refractivity contribution >= 4 is 28.5 Å². The number of halogens is 1. The first-order valence-corrected chi connectivity index (χ1v) is 9.48. The summed E-state index contributed by atoms with van der Waals surface area (Å²) in [5.74, 6) is -0.429. The van der Waals surface area contributed by atoms with Crippen LogP contribution >= 0.6 is 11.6 Å². The second kappa shape index (κ2) is 7.52. The number of hydrogen-bond acceptors (Lipinski definition) is 3. The second-order valence-corrected chi connectivity index (χ2v) is 6.99. The Morgan fingerprint density at radius 2 is 1.96 bits per heavy atom. The van der Waals surface area contributed by atoms with Gasteiger partial charge in [0.15, 0.2) is 5.69 Å². The maximum Gasteiger partial charge on any atom is 0.358 e. The molecule has 2 heterocycles. The smallest absolute Gasteiger partial charge is 0.358 e. The Hall–Kier alpha value is -3.05. The van der Waals surface area contributed by atoms with Crippen molar-refractivity contribution in [3.8, 4) is 11.3 Å². The Morgan fingerprint density at radius 1 is 1.14 bits per heavy atom. The highest BCUT2D eigenvalue weighted by Gasteiger charge is 2.18. The van der Waals surface area contributed by atoms with Crippen LogP contribution in [0.3, 0.4) is 0 Å². The van der Waals surface area contributed by atoms with Crippen molar-refractivity contribution in [3.05, 3.63) is 77.1 Å². The molecule has 2 aromatic carbocycles. The molecule has 4 rings (SSSR count). The largest absolute Gasteiger partial charge is 0.461 e. The van der Waals surface area contributed by atoms with E-state index in [0.717, 1.165) is 27.7 Å². The molecule has 0 bridgehead atoms. The SMILES string of the molecule is CCOC(=O)c1cc(-c2ccc3ccn(C)c3c2)n(Cc2ccccc2Cl)n1. The first-order valence-electron chi connectivity index (χ1n) is 9.10. The van der Waals surface area contributed by atoms with Crippen LogP contribution in [0.4, 0.5) is 0 Å². The topological polar surface area (TPSA) is 49.0 Å². The van der Waals surface area contributed by atoms with Crippen molar-refractivity contribution in [2.45, 2.75) is 13.5 Å². The third kappa shape index (κ3) is 3.41. The van der Waals surface area contributed by atoms with E-state index in [1.165, 1.54) is 0 Å². The quantitative estimate of drug-likeness (QED) is 0.452. The molecule has 0 amide bonds. The lowest BCUT2D eigenvalue weighted by Gasteiger charge is -2.10. The van der Waals surface area contributed by atoms with Crippen LogP contribution in [-0.2, 0) is 18.3 Å². The van der Waals surface area contributed by atoms with Crippen LogP contribution in [-0.4, -0.2) is 26.9 Å². The van der Waals surface area contributed by atoms with Gasteiger partial charge < -0.3 is 9.30 Å². The van der Waals surface area contributed by atoms with Gasteiger partial charge in [0.05, 0.1) is 18.8 Å². The summed E-state index contributed by atoms with van der Waals surface area (Å²) in [6.45, 7) is 2.54. The highest BCUT2D eigenvalue weighted by molar-refractivity contribution is 6.31. The lowest BCUT2D eigenvalue weighted by atomic mass is 10.1. The normalized spacial score (nSPS) is 11.1. The Labute approximate surface area is 168 Å². The molecule has 0 N–H and O–H groups in total. The summed E-state index contributed by atoms with van der Waals surface area (Å²) in [7, 11) is 2.01. The standard InChI is InChI=1S/C22H20ClN3O2/c1-3-28-22(27)19-13-21(16-9-8-15-10-11-25(2)20(15)12-16)26(24-19)14-17-6-4-5-7-18(17)23/h4-13H,3,14H2,1-2H3. The number of esters is 1. The summed E-state index contributed by atoms with van der Waals surface area (Å²) in [5, 5.41) is 6.34. The summed E-state index contributed by atoms with van der Waals surface area (Å²) < 4.78 is 9.01. The first-order chi connectivity index (χ1) is 13.6.